The summed E-state index contributed by atoms with van der Waals surface area (Å²) >= 11 is 0. The van der Waals surface area contributed by atoms with Gasteiger partial charge < -0.3 is 14.0 Å². The van der Waals surface area contributed by atoms with Gasteiger partial charge in [-0.15, -0.1) is 0 Å². The van der Waals surface area contributed by atoms with E-state index in [0.717, 1.165) is 5.56 Å². The van der Waals surface area contributed by atoms with Crippen molar-refractivity contribution >= 4 is 5.78 Å². The lowest BCUT2D eigenvalue weighted by molar-refractivity contribution is -0.194. The Kier molecular flexibility index (Phi) is 4.07. The van der Waals surface area contributed by atoms with Gasteiger partial charge in [0.25, 0.3) is 0 Å². The number of hydrogen-bond acceptors (Lipinski definition) is 4. The molecule has 0 amide bonds. The molecule has 1 aliphatic heterocycles. The van der Waals surface area contributed by atoms with E-state index >= 15 is 0 Å². The van der Waals surface area contributed by atoms with Crippen molar-refractivity contribution in [1.82, 2.24) is 9.55 Å². The average molecular weight is 334 g/mol. The summed E-state index contributed by atoms with van der Waals surface area (Å²) in [5.74, 6) is -0.522. The molecular formula is C20H18N2O3. The molecule has 126 valence electrons. The number of imidazole rings is 1. The third-order valence-corrected chi connectivity index (χ3v) is 4.31. The molecule has 1 aromatic heterocycles. The van der Waals surface area contributed by atoms with Crippen LogP contribution < -0.4 is 4.74 Å². The first-order valence-corrected chi connectivity index (χ1v) is 8.23. The first-order chi connectivity index (χ1) is 12.3. The molecule has 3 aromatic rings. The van der Waals surface area contributed by atoms with Crippen molar-refractivity contribution in [2.24, 2.45) is 0 Å². The molecule has 5 nitrogen and oxygen atoms in total. The lowest BCUT2D eigenvalue weighted by Gasteiger charge is -2.38. The van der Waals surface area contributed by atoms with Crippen LogP contribution >= 0.6 is 0 Å². The van der Waals surface area contributed by atoms with Gasteiger partial charge in [0.05, 0.1) is 24.9 Å². The van der Waals surface area contributed by atoms with E-state index in [1.165, 1.54) is 0 Å². The largest absolute Gasteiger partial charge is 0.457 e. The third-order valence-electron chi connectivity index (χ3n) is 4.31. The van der Waals surface area contributed by atoms with Gasteiger partial charge in [-0.3, -0.25) is 4.79 Å². The Labute approximate surface area is 145 Å². The number of para-hydroxylation sites is 1. The molecule has 0 aliphatic carbocycles. The number of ether oxygens (including phenoxy) is 2. The number of hydrogen-bond donors (Lipinski definition) is 0. The number of fused-ring (bicyclic) bond motifs is 1. The number of carbonyl (C=O) groups excluding carboxylic acids is 1. The van der Waals surface area contributed by atoms with Crippen LogP contribution in [0.15, 0.2) is 73.3 Å². The lowest BCUT2D eigenvalue weighted by Crippen LogP contribution is -2.42. The minimum absolute atomic E-state index is 0.0216. The van der Waals surface area contributed by atoms with Crippen molar-refractivity contribution in [1.29, 1.82) is 0 Å². The summed E-state index contributed by atoms with van der Waals surface area (Å²) in [4.78, 5) is 16.7. The highest BCUT2D eigenvalue weighted by molar-refractivity contribution is 6.00. The second-order valence-corrected chi connectivity index (χ2v) is 5.97. The van der Waals surface area contributed by atoms with Gasteiger partial charge >= 0.3 is 0 Å². The SMILES string of the molecule is O=C1CC(OCCn2ccnc2)(c2ccccc2)Oc2ccccc21. The van der Waals surface area contributed by atoms with Gasteiger partial charge in [-0.1, -0.05) is 42.5 Å². The minimum atomic E-state index is -1.10. The average Bonchev–Trinajstić information content (AvgIpc) is 3.16. The summed E-state index contributed by atoms with van der Waals surface area (Å²) in [6, 6.07) is 16.9. The zero-order valence-corrected chi connectivity index (χ0v) is 13.7. The van der Waals surface area contributed by atoms with Gasteiger partial charge in [-0.05, 0) is 12.1 Å². The van der Waals surface area contributed by atoms with E-state index in [-0.39, 0.29) is 12.2 Å². The number of nitrogens with zero attached hydrogens (tertiary/aromatic N) is 2. The topological polar surface area (TPSA) is 53.4 Å². The zero-order chi connectivity index (χ0) is 17.1. The maximum atomic E-state index is 12.7. The second-order valence-electron chi connectivity index (χ2n) is 5.97. The maximum Gasteiger partial charge on any atom is 0.244 e. The van der Waals surface area contributed by atoms with E-state index in [9.17, 15) is 4.79 Å². The number of Topliss-reactive ketones (excluding diaryl/α,β-unsaturated/α-hetero) is 1. The van der Waals surface area contributed by atoms with Gasteiger partial charge in [-0.2, -0.15) is 0 Å². The molecule has 0 saturated heterocycles. The van der Waals surface area contributed by atoms with E-state index in [1.54, 1.807) is 18.6 Å². The summed E-state index contributed by atoms with van der Waals surface area (Å²) in [7, 11) is 0. The molecule has 1 atom stereocenters. The highest BCUT2D eigenvalue weighted by atomic mass is 16.7. The Morgan fingerprint density at radius 1 is 1.12 bits per heavy atom. The predicted molar refractivity (Wildman–Crippen MR) is 92.3 cm³/mol. The van der Waals surface area contributed by atoms with Crippen molar-refractivity contribution < 1.29 is 14.3 Å². The number of rotatable bonds is 5. The molecule has 1 aliphatic rings. The molecule has 0 spiro atoms. The Hall–Kier alpha value is -2.92. The Balaban J connectivity index is 1.64. The van der Waals surface area contributed by atoms with Gasteiger partial charge in [0, 0.05) is 24.5 Å². The van der Waals surface area contributed by atoms with Gasteiger partial charge in [0.2, 0.25) is 5.79 Å². The van der Waals surface area contributed by atoms with Crippen LogP contribution in [-0.2, 0) is 17.1 Å². The van der Waals surface area contributed by atoms with E-state index in [2.05, 4.69) is 4.98 Å². The molecule has 0 radical (unpaired) electrons. The fraction of sp³-hybridized carbons (Fsp3) is 0.200. The summed E-state index contributed by atoms with van der Waals surface area (Å²) in [5, 5.41) is 0. The standard InChI is InChI=1S/C20H18N2O3/c23-18-14-20(16-6-2-1-3-7-16,24-13-12-22-11-10-21-15-22)25-19-9-5-4-8-17(18)19/h1-11,15H,12-14H2. The molecule has 25 heavy (non-hydrogen) atoms. The van der Waals surface area contributed by atoms with Crippen LogP contribution in [0.4, 0.5) is 0 Å². The Morgan fingerprint density at radius 3 is 2.72 bits per heavy atom. The molecule has 2 heterocycles. The second kappa shape index (κ2) is 6.53. The summed E-state index contributed by atoms with van der Waals surface area (Å²) in [5.41, 5.74) is 1.44. The van der Waals surface area contributed by atoms with Gasteiger partial charge in [0.1, 0.15) is 5.75 Å². The Morgan fingerprint density at radius 2 is 1.92 bits per heavy atom. The van der Waals surface area contributed by atoms with Crippen LogP contribution in [0.5, 0.6) is 5.75 Å². The Bertz CT molecular complexity index is 862. The summed E-state index contributed by atoms with van der Waals surface area (Å²) in [6.45, 7) is 1.04. The van der Waals surface area contributed by atoms with Crippen molar-refractivity contribution in [3.8, 4) is 5.75 Å². The smallest absolute Gasteiger partial charge is 0.244 e. The van der Waals surface area contributed by atoms with Crippen LogP contribution in [0.25, 0.3) is 0 Å². The molecule has 4 rings (SSSR count). The van der Waals surface area contributed by atoms with E-state index in [0.29, 0.717) is 24.5 Å². The molecule has 5 heteroatoms. The quantitative estimate of drug-likeness (QED) is 0.717. The first kappa shape index (κ1) is 15.6. The third kappa shape index (κ3) is 3.06. The van der Waals surface area contributed by atoms with Crippen molar-refractivity contribution in [2.75, 3.05) is 6.61 Å². The molecule has 2 aromatic carbocycles. The number of carbonyl (C=O) groups is 1. The fourth-order valence-electron chi connectivity index (χ4n) is 3.06. The van der Waals surface area contributed by atoms with Crippen LogP contribution in [0.3, 0.4) is 0 Å². The first-order valence-electron chi connectivity index (χ1n) is 8.23. The molecular weight excluding hydrogens is 316 g/mol. The number of aromatic nitrogens is 2. The van der Waals surface area contributed by atoms with Crippen molar-refractivity contribution in [3.63, 3.8) is 0 Å². The van der Waals surface area contributed by atoms with E-state index in [1.807, 2.05) is 59.3 Å². The highest BCUT2D eigenvalue weighted by Gasteiger charge is 2.43. The maximum absolute atomic E-state index is 12.7. The molecule has 0 fully saturated rings. The summed E-state index contributed by atoms with van der Waals surface area (Å²) < 4.78 is 14.3. The molecule has 0 N–H and O–H groups in total. The minimum Gasteiger partial charge on any atom is -0.457 e. The van der Waals surface area contributed by atoms with Gasteiger partial charge in [0.15, 0.2) is 5.78 Å². The van der Waals surface area contributed by atoms with Crippen LogP contribution in [0.2, 0.25) is 0 Å². The fourth-order valence-corrected chi connectivity index (χ4v) is 3.06. The number of benzene rings is 2. The predicted octanol–water partition coefficient (Wildman–Crippen LogP) is 3.42. The van der Waals surface area contributed by atoms with Crippen molar-refractivity contribution in [2.45, 2.75) is 18.8 Å². The van der Waals surface area contributed by atoms with E-state index < -0.39 is 5.79 Å². The highest BCUT2D eigenvalue weighted by Crippen LogP contribution is 2.40. The monoisotopic (exact) mass is 334 g/mol. The summed E-state index contributed by atoms with van der Waals surface area (Å²) in [6.07, 6.45) is 5.49. The van der Waals surface area contributed by atoms with Crippen LogP contribution in [0, 0.1) is 0 Å². The lowest BCUT2D eigenvalue weighted by atomic mass is 9.93. The van der Waals surface area contributed by atoms with Crippen LogP contribution in [-0.4, -0.2) is 21.9 Å². The number of ketones is 1. The van der Waals surface area contributed by atoms with Crippen LogP contribution in [0.1, 0.15) is 22.3 Å². The normalized spacial score (nSPS) is 19.3. The zero-order valence-electron chi connectivity index (χ0n) is 13.7. The molecule has 0 bridgehead atoms. The van der Waals surface area contributed by atoms with Crippen molar-refractivity contribution in [3.05, 3.63) is 84.4 Å². The van der Waals surface area contributed by atoms with Gasteiger partial charge in [-0.25, -0.2) is 4.98 Å². The molecule has 1 unspecified atom stereocenters. The van der Waals surface area contributed by atoms with E-state index in [4.69, 9.17) is 9.47 Å². The molecule has 0 saturated carbocycles.